The Morgan fingerprint density at radius 1 is 0.868 bits per heavy atom. The van der Waals surface area contributed by atoms with Gasteiger partial charge < -0.3 is 9.80 Å². The van der Waals surface area contributed by atoms with E-state index in [4.69, 9.17) is 0 Å². The zero-order valence-corrected chi connectivity index (χ0v) is 22.8. The van der Waals surface area contributed by atoms with Gasteiger partial charge in [-0.25, -0.2) is 0 Å². The molecule has 0 atom stereocenters. The zero-order valence-electron chi connectivity index (χ0n) is 21.2. The molecule has 0 aliphatic carbocycles. The summed E-state index contributed by atoms with van der Waals surface area (Å²) in [6, 6.07) is 18.7. The molecule has 0 aromatic heterocycles. The molecule has 0 saturated carbocycles. The van der Waals surface area contributed by atoms with Crippen LogP contribution in [0.2, 0.25) is 0 Å². The number of hydrogen-bond acceptors (Lipinski definition) is 5. The predicted octanol–water partition coefficient (Wildman–Crippen LogP) is 5.99. The monoisotopic (exact) mass is 563 g/mol. The lowest BCUT2D eigenvalue weighted by Gasteiger charge is -2.36. The minimum Gasteiger partial charge on any atom is -0.368 e. The van der Waals surface area contributed by atoms with Gasteiger partial charge in [-0.1, -0.05) is 29.5 Å². The van der Waals surface area contributed by atoms with Gasteiger partial charge in [0.1, 0.15) is 0 Å². The molecule has 11 heteroatoms. The molecule has 1 fully saturated rings. The second-order valence-corrected chi connectivity index (χ2v) is 12.0. The average Bonchev–Trinajstić information content (AvgIpc) is 2.86. The number of carbonyl (C=O) groups excluding carboxylic acids is 1. The number of anilines is 2. The third kappa shape index (κ3) is 6.27. The number of halogens is 3. The van der Waals surface area contributed by atoms with Crippen molar-refractivity contribution in [3.8, 4) is 0 Å². The highest BCUT2D eigenvalue weighted by Gasteiger charge is 2.46. The molecule has 0 radical (unpaired) electrons. The summed E-state index contributed by atoms with van der Waals surface area (Å²) in [6.07, 6.45) is 0. The molecule has 38 heavy (non-hydrogen) atoms. The fourth-order valence-electron chi connectivity index (χ4n) is 4.23. The van der Waals surface area contributed by atoms with Crippen molar-refractivity contribution >= 4 is 39.1 Å². The van der Waals surface area contributed by atoms with Crippen molar-refractivity contribution < 1.29 is 26.4 Å². The number of rotatable bonds is 6. The molecule has 0 bridgehead atoms. The molecule has 0 unspecified atom stereocenters. The summed E-state index contributed by atoms with van der Waals surface area (Å²) in [5.74, 6) is -0.252. The van der Waals surface area contributed by atoms with Crippen LogP contribution in [0.25, 0.3) is 0 Å². The third-order valence-electron chi connectivity index (χ3n) is 6.35. The minimum atomic E-state index is -5.53. The normalized spacial score (nSPS) is 14.5. The molecule has 1 N–H and O–H groups in total. The first-order valence-corrected chi connectivity index (χ1v) is 14.2. The van der Waals surface area contributed by atoms with E-state index >= 15 is 0 Å². The number of sulfonamides is 1. The lowest BCUT2D eigenvalue weighted by molar-refractivity contribution is -0.0429. The van der Waals surface area contributed by atoms with E-state index in [-0.39, 0.29) is 17.2 Å². The number of aryl methyl sites for hydroxylation is 3. The molecule has 0 spiro atoms. The van der Waals surface area contributed by atoms with Gasteiger partial charge in [-0.15, -0.1) is 0 Å². The van der Waals surface area contributed by atoms with Crippen molar-refractivity contribution in [2.24, 2.45) is 0 Å². The van der Waals surface area contributed by atoms with Crippen molar-refractivity contribution in [1.82, 2.24) is 4.90 Å². The maximum atomic E-state index is 13.0. The SMILES string of the molecule is Cc1ccc(Sc2ccc(N3CCN(C(=O)c4ccc(NS(=O)(=O)C(F)(F)F)c(C)c4)CC3)cc2)c(C)c1. The number of carbonyl (C=O) groups is 1. The second-order valence-electron chi connectivity index (χ2n) is 9.23. The van der Waals surface area contributed by atoms with Gasteiger partial charge in [-0.2, -0.15) is 21.6 Å². The Labute approximate surface area is 224 Å². The van der Waals surface area contributed by atoms with Crippen LogP contribution in [0.1, 0.15) is 27.0 Å². The third-order valence-corrected chi connectivity index (χ3v) is 8.63. The molecule has 4 rings (SSSR count). The summed E-state index contributed by atoms with van der Waals surface area (Å²) >= 11 is 1.72. The van der Waals surface area contributed by atoms with Crippen LogP contribution in [0, 0.1) is 20.8 Å². The Kier molecular flexibility index (Phi) is 7.98. The number of amides is 1. The highest BCUT2D eigenvalue weighted by Crippen LogP contribution is 2.32. The van der Waals surface area contributed by atoms with E-state index in [0.717, 1.165) is 10.6 Å². The highest BCUT2D eigenvalue weighted by atomic mass is 32.2. The first kappa shape index (κ1) is 27.8. The summed E-state index contributed by atoms with van der Waals surface area (Å²) in [5, 5.41) is 0. The van der Waals surface area contributed by atoms with Crippen LogP contribution in [0.15, 0.2) is 70.5 Å². The van der Waals surface area contributed by atoms with Gasteiger partial charge in [-0.3, -0.25) is 9.52 Å². The van der Waals surface area contributed by atoms with Crippen molar-refractivity contribution in [1.29, 1.82) is 0 Å². The van der Waals surface area contributed by atoms with Crippen LogP contribution in [-0.2, 0) is 10.0 Å². The van der Waals surface area contributed by atoms with Gasteiger partial charge in [0.05, 0.1) is 5.69 Å². The molecule has 1 amide bonds. The topological polar surface area (TPSA) is 69.7 Å². The molecule has 1 saturated heterocycles. The standard InChI is InChI=1S/C27H28F3N3O3S2/c1-18-4-11-25(20(3)16-18)37-23-8-6-22(7-9-23)32-12-14-33(15-13-32)26(34)21-5-10-24(19(2)17-21)31-38(35,36)27(28,29)30/h4-11,16-17,31H,12-15H2,1-3H3. The Bertz CT molecular complexity index is 1430. The number of piperazine rings is 1. The van der Waals surface area contributed by atoms with E-state index in [1.807, 2.05) is 0 Å². The molecular weight excluding hydrogens is 535 g/mol. The second kappa shape index (κ2) is 10.9. The molecule has 1 aliphatic heterocycles. The number of alkyl halides is 3. The van der Waals surface area contributed by atoms with Crippen LogP contribution in [-0.4, -0.2) is 50.9 Å². The van der Waals surface area contributed by atoms with Gasteiger partial charge in [0.25, 0.3) is 5.91 Å². The van der Waals surface area contributed by atoms with Crippen molar-refractivity contribution in [3.63, 3.8) is 0 Å². The van der Waals surface area contributed by atoms with Gasteiger partial charge in [-0.05, 0) is 80.4 Å². The molecule has 3 aromatic carbocycles. The maximum absolute atomic E-state index is 13.0. The molecule has 3 aromatic rings. The number of nitrogens with one attached hydrogen (secondary N) is 1. The Balaban J connectivity index is 1.35. The van der Waals surface area contributed by atoms with Crippen LogP contribution < -0.4 is 9.62 Å². The summed E-state index contributed by atoms with van der Waals surface area (Å²) < 4.78 is 62.3. The maximum Gasteiger partial charge on any atom is 0.516 e. The fraction of sp³-hybridized carbons (Fsp3) is 0.296. The van der Waals surface area contributed by atoms with Gasteiger partial charge in [0, 0.05) is 47.2 Å². The minimum absolute atomic E-state index is 0.220. The lowest BCUT2D eigenvalue weighted by atomic mass is 10.1. The summed E-state index contributed by atoms with van der Waals surface area (Å²) in [6.45, 7) is 7.88. The molecule has 202 valence electrons. The van der Waals surface area contributed by atoms with Crippen LogP contribution in [0.4, 0.5) is 24.5 Å². The number of hydrogen-bond donors (Lipinski definition) is 1. The molecule has 1 heterocycles. The fourth-order valence-corrected chi connectivity index (χ4v) is 5.75. The zero-order chi connectivity index (χ0) is 27.7. The summed E-state index contributed by atoms with van der Waals surface area (Å²) in [7, 11) is -5.53. The Morgan fingerprint density at radius 2 is 1.53 bits per heavy atom. The largest absolute Gasteiger partial charge is 0.516 e. The van der Waals surface area contributed by atoms with E-state index in [1.54, 1.807) is 16.7 Å². The van der Waals surface area contributed by atoms with E-state index in [2.05, 4.69) is 61.2 Å². The van der Waals surface area contributed by atoms with E-state index in [0.29, 0.717) is 31.7 Å². The predicted molar refractivity (Wildman–Crippen MR) is 144 cm³/mol. The first-order chi connectivity index (χ1) is 17.8. The van der Waals surface area contributed by atoms with E-state index < -0.39 is 15.5 Å². The highest BCUT2D eigenvalue weighted by molar-refractivity contribution is 7.99. The molecule has 1 aliphatic rings. The average molecular weight is 564 g/mol. The van der Waals surface area contributed by atoms with Gasteiger partial charge >= 0.3 is 15.5 Å². The van der Waals surface area contributed by atoms with Gasteiger partial charge in [0.2, 0.25) is 0 Å². The number of benzene rings is 3. The quantitative estimate of drug-likeness (QED) is 0.399. The molecule has 6 nitrogen and oxygen atoms in total. The van der Waals surface area contributed by atoms with Crippen molar-refractivity contribution in [3.05, 3.63) is 82.9 Å². The summed E-state index contributed by atoms with van der Waals surface area (Å²) in [5.41, 5.74) is -1.58. The van der Waals surface area contributed by atoms with Crippen LogP contribution in [0.3, 0.4) is 0 Å². The molecular formula is C27H28F3N3O3S2. The van der Waals surface area contributed by atoms with Gasteiger partial charge in [0.15, 0.2) is 0 Å². The number of nitrogens with zero attached hydrogens (tertiary/aromatic N) is 2. The lowest BCUT2D eigenvalue weighted by Crippen LogP contribution is -2.48. The Morgan fingerprint density at radius 3 is 2.11 bits per heavy atom. The first-order valence-electron chi connectivity index (χ1n) is 11.9. The van der Waals surface area contributed by atoms with E-state index in [1.165, 1.54) is 45.9 Å². The summed E-state index contributed by atoms with van der Waals surface area (Å²) in [4.78, 5) is 19.3. The van der Waals surface area contributed by atoms with Crippen molar-refractivity contribution in [2.45, 2.75) is 36.1 Å². The van der Waals surface area contributed by atoms with E-state index in [9.17, 15) is 26.4 Å². The smallest absolute Gasteiger partial charge is 0.368 e. The Hall–Kier alpha value is -3.18. The van der Waals surface area contributed by atoms with Crippen molar-refractivity contribution in [2.75, 3.05) is 35.8 Å². The van der Waals surface area contributed by atoms with Crippen LogP contribution >= 0.6 is 11.8 Å². The van der Waals surface area contributed by atoms with Crippen LogP contribution in [0.5, 0.6) is 0 Å².